The molecule has 0 saturated carbocycles. The van der Waals surface area contributed by atoms with E-state index in [4.69, 9.17) is 10.5 Å². The molecule has 0 saturated heterocycles. The normalized spacial score (nSPS) is 12.0. The Morgan fingerprint density at radius 2 is 2.29 bits per heavy atom. The Morgan fingerprint density at radius 1 is 1.59 bits per heavy atom. The second-order valence-electron chi connectivity index (χ2n) is 3.91. The highest BCUT2D eigenvalue weighted by molar-refractivity contribution is 9.10. The summed E-state index contributed by atoms with van der Waals surface area (Å²) in [6.07, 6.45) is 1.12. The summed E-state index contributed by atoms with van der Waals surface area (Å²) in [6.45, 7) is 1.89. The average molecular weight is 301 g/mol. The second-order valence-corrected chi connectivity index (χ2v) is 4.77. The summed E-state index contributed by atoms with van der Waals surface area (Å²) in [5.41, 5.74) is 6.33. The van der Waals surface area contributed by atoms with Crippen LogP contribution >= 0.6 is 15.9 Å². The highest BCUT2D eigenvalue weighted by Crippen LogP contribution is 2.27. The predicted molar refractivity (Wildman–Crippen MR) is 72.2 cm³/mol. The number of nitrogens with two attached hydrogens (primary N) is 1. The summed E-state index contributed by atoms with van der Waals surface area (Å²) in [4.78, 5) is 11.6. The van der Waals surface area contributed by atoms with E-state index in [1.807, 2.05) is 13.0 Å². The zero-order valence-corrected chi connectivity index (χ0v) is 11.6. The summed E-state index contributed by atoms with van der Waals surface area (Å²) >= 11 is 3.36. The van der Waals surface area contributed by atoms with Crippen molar-refractivity contribution in [2.24, 2.45) is 5.73 Å². The van der Waals surface area contributed by atoms with Crippen molar-refractivity contribution in [2.75, 3.05) is 12.4 Å². The van der Waals surface area contributed by atoms with Gasteiger partial charge in [0.2, 0.25) is 5.91 Å². The maximum absolute atomic E-state index is 11.6. The van der Waals surface area contributed by atoms with Gasteiger partial charge in [0.1, 0.15) is 5.75 Å². The molecular weight excluding hydrogens is 284 g/mol. The highest BCUT2D eigenvalue weighted by atomic mass is 79.9. The fourth-order valence-corrected chi connectivity index (χ4v) is 1.87. The van der Waals surface area contributed by atoms with Crippen LogP contribution in [0.15, 0.2) is 22.7 Å². The number of amides is 1. The van der Waals surface area contributed by atoms with E-state index in [9.17, 15) is 4.79 Å². The Labute approximate surface area is 110 Å². The predicted octanol–water partition coefficient (Wildman–Crippen LogP) is 2.52. The van der Waals surface area contributed by atoms with Crippen LogP contribution in [0.2, 0.25) is 0 Å². The fourth-order valence-electron chi connectivity index (χ4n) is 1.33. The van der Waals surface area contributed by atoms with Crippen molar-refractivity contribution in [1.29, 1.82) is 0 Å². The molecule has 4 nitrogen and oxygen atoms in total. The monoisotopic (exact) mass is 300 g/mol. The molecule has 94 valence electrons. The molecular formula is C12H17BrN2O2. The zero-order chi connectivity index (χ0) is 12.8. The first-order valence-corrected chi connectivity index (χ1v) is 6.21. The van der Waals surface area contributed by atoms with E-state index in [1.54, 1.807) is 19.2 Å². The van der Waals surface area contributed by atoms with Crippen molar-refractivity contribution in [2.45, 2.75) is 25.8 Å². The van der Waals surface area contributed by atoms with Crippen molar-refractivity contribution >= 4 is 27.5 Å². The first kappa shape index (κ1) is 14.0. The van der Waals surface area contributed by atoms with Crippen LogP contribution in [0.3, 0.4) is 0 Å². The molecule has 0 spiro atoms. The molecule has 1 unspecified atom stereocenters. The standard InChI is InChI=1S/C12H17BrN2O2/c1-8(14)3-6-12(16)15-9-4-5-11(17-2)10(13)7-9/h4-5,7-8H,3,6,14H2,1-2H3,(H,15,16). The Morgan fingerprint density at radius 3 is 2.82 bits per heavy atom. The smallest absolute Gasteiger partial charge is 0.224 e. The zero-order valence-electron chi connectivity index (χ0n) is 10.00. The van der Waals surface area contributed by atoms with E-state index in [1.165, 1.54) is 0 Å². The second kappa shape index (κ2) is 6.61. The van der Waals surface area contributed by atoms with E-state index in [0.717, 1.165) is 15.9 Å². The number of halogens is 1. The molecule has 0 fully saturated rings. The highest BCUT2D eigenvalue weighted by Gasteiger charge is 2.06. The maximum atomic E-state index is 11.6. The topological polar surface area (TPSA) is 64.3 Å². The lowest BCUT2D eigenvalue weighted by molar-refractivity contribution is -0.116. The summed E-state index contributed by atoms with van der Waals surface area (Å²) < 4.78 is 5.92. The molecule has 1 rings (SSSR count). The van der Waals surface area contributed by atoms with Crippen molar-refractivity contribution in [1.82, 2.24) is 0 Å². The van der Waals surface area contributed by atoms with Gasteiger partial charge in [-0.05, 0) is 47.5 Å². The van der Waals surface area contributed by atoms with E-state index in [2.05, 4.69) is 21.2 Å². The lowest BCUT2D eigenvalue weighted by Crippen LogP contribution is -2.19. The molecule has 1 aromatic rings. The van der Waals surface area contributed by atoms with Gasteiger partial charge in [-0.1, -0.05) is 0 Å². The van der Waals surface area contributed by atoms with Gasteiger partial charge < -0.3 is 15.8 Å². The largest absolute Gasteiger partial charge is 0.496 e. The van der Waals surface area contributed by atoms with Crippen molar-refractivity contribution < 1.29 is 9.53 Å². The molecule has 5 heteroatoms. The number of hydrogen-bond donors (Lipinski definition) is 2. The minimum Gasteiger partial charge on any atom is -0.496 e. The third-order valence-electron chi connectivity index (χ3n) is 2.26. The number of rotatable bonds is 5. The number of methoxy groups -OCH3 is 1. The van der Waals surface area contributed by atoms with Crippen LogP contribution in [0.25, 0.3) is 0 Å². The number of carbonyl (C=O) groups is 1. The minimum absolute atomic E-state index is 0.0284. The van der Waals surface area contributed by atoms with Crippen LogP contribution in [0.4, 0.5) is 5.69 Å². The van der Waals surface area contributed by atoms with Crippen LogP contribution in [0.1, 0.15) is 19.8 Å². The number of hydrogen-bond acceptors (Lipinski definition) is 3. The minimum atomic E-state index is -0.0284. The summed E-state index contributed by atoms with van der Waals surface area (Å²) in [7, 11) is 1.60. The SMILES string of the molecule is COc1ccc(NC(=O)CCC(C)N)cc1Br. The molecule has 0 heterocycles. The van der Waals surface area contributed by atoms with E-state index < -0.39 is 0 Å². The molecule has 0 aliphatic rings. The number of benzene rings is 1. The van der Waals surface area contributed by atoms with Crippen LogP contribution in [-0.2, 0) is 4.79 Å². The molecule has 0 aliphatic carbocycles. The van der Waals surface area contributed by atoms with Gasteiger partial charge in [-0.15, -0.1) is 0 Å². The van der Waals surface area contributed by atoms with Gasteiger partial charge in [0.25, 0.3) is 0 Å². The lowest BCUT2D eigenvalue weighted by Gasteiger charge is -2.09. The molecule has 1 atom stereocenters. The van der Waals surface area contributed by atoms with Gasteiger partial charge >= 0.3 is 0 Å². The van der Waals surface area contributed by atoms with Crippen LogP contribution < -0.4 is 15.8 Å². The third kappa shape index (κ3) is 4.75. The van der Waals surface area contributed by atoms with E-state index in [0.29, 0.717) is 12.8 Å². The molecule has 1 aromatic carbocycles. The van der Waals surface area contributed by atoms with Crippen molar-refractivity contribution in [3.05, 3.63) is 22.7 Å². The number of anilines is 1. The molecule has 17 heavy (non-hydrogen) atoms. The van der Waals surface area contributed by atoms with Crippen LogP contribution in [0, 0.1) is 0 Å². The first-order valence-electron chi connectivity index (χ1n) is 5.42. The van der Waals surface area contributed by atoms with Crippen molar-refractivity contribution in [3.63, 3.8) is 0 Å². The molecule has 0 aliphatic heterocycles. The Hall–Kier alpha value is -1.07. The third-order valence-corrected chi connectivity index (χ3v) is 2.88. The number of nitrogens with one attached hydrogen (secondary N) is 1. The maximum Gasteiger partial charge on any atom is 0.224 e. The Balaban J connectivity index is 2.57. The average Bonchev–Trinajstić information content (AvgIpc) is 2.26. The fraction of sp³-hybridized carbons (Fsp3) is 0.417. The molecule has 0 aromatic heterocycles. The van der Waals surface area contributed by atoms with E-state index in [-0.39, 0.29) is 11.9 Å². The summed E-state index contributed by atoms with van der Waals surface area (Å²) in [5.74, 6) is 0.706. The number of carbonyl (C=O) groups excluding carboxylic acids is 1. The van der Waals surface area contributed by atoms with Crippen LogP contribution in [0.5, 0.6) is 5.75 Å². The van der Waals surface area contributed by atoms with Gasteiger partial charge in [-0.25, -0.2) is 0 Å². The van der Waals surface area contributed by atoms with Gasteiger partial charge in [0.05, 0.1) is 11.6 Å². The molecule has 0 radical (unpaired) electrons. The van der Waals surface area contributed by atoms with Gasteiger partial charge in [0.15, 0.2) is 0 Å². The summed E-state index contributed by atoms with van der Waals surface area (Å²) in [5, 5.41) is 2.81. The van der Waals surface area contributed by atoms with Gasteiger partial charge in [0, 0.05) is 18.2 Å². The first-order chi connectivity index (χ1) is 8.02. The molecule has 0 bridgehead atoms. The van der Waals surface area contributed by atoms with Gasteiger partial charge in [-0.2, -0.15) is 0 Å². The van der Waals surface area contributed by atoms with E-state index >= 15 is 0 Å². The molecule has 3 N–H and O–H groups in total. The van der Waals surface area contributed by atoms with Gasteiger partial charge in [-0.3, -0.25) is 4.79 Å². The quantitative estimate of drug-likeness (QED) is 0.878. The van der Waals surface area contributed by atoms with Crippen LogP contribution in [-0.4, -0.2) is 19.1 Å². The lowest BCUT2D eigenvalue weighted by atomic mass is 10.2. The molecule has 1 amide bonds. The van der Waals surface area contributed by atoms with Crippen molar-refractivity contribution in [3.8, 4) is 5.75 Å². The number of ether oxygens (including phenoxy) is 1. The Bertz CT molecular complexity index is 394. The summed E-state index contributed by atoms with van der Waals surface area (Å²) in [6, 6.07) is 5.45. The Kier molecular flexibility index (Phi) is 5.44.